The normalized spacial score (nSPS) is 23.1. The zero-order valence-corrected chi connectivity index (χ0v) is 17.0. The maximum absolute atomic E-state index is 13.3. The van der Waals surface area contributed by atoms with E-state index in [0.29, 0.717) is 0 Å². The summed E-state index contributed by atoms with van der Waals surface area (Å²) in [6.07, 6.45) is -10.7. The van der Waals surface area contributed by atoms with E-state index < -0.39 is 37.9 Å². The predicted octanol–water partition coefficient (Wildman–Crippen LogP) is 6.17. The van der Waals surface area contributed by atoms with E-state index in [4.69, 9.17) is 0 Å². The molecular formula is C21H20F6O2S. The highest BCUT2D eigenvalue weighted by Crippen LogP contribution is 2.55. The lowest BCUT2D eigenvalue weighted by atomic mass is 9.70. The molecule has 0 atom stereocenters. The van der Waals surface area contributed by atoms with Gasteiger partial charge in [-0.15, -0.1) is 0 Å². The van der Waals surface area contributed by atoms with Gasteiger partial charge >= 0.3 is 12.4 Å². The van der Waals surface area contributed by atoms with Crippen LogP contribution in [0.1, 0.15) is 37.8 Å². The van der Waals surface area contributed by atoms with Gasteiger partial charge in [0.25, 0.3) is 0 Å². The molecule has 0 spiro atoms. The lowest BCUT2D eigenvalue weighted by molar-refractivity contribution is -0.297. The lowest BCUT2D eigenvalue weighted by Crippen LogP contribution is -2.51. The first-order valence-electron chi connectivity index (χ1n) is 9.21. The third-order valence-corrected chi connectivity index (χ3v) is 8.54. The summed E-state index contributed by atoms with van der Waals surface area (Å²) in [4.78, 5) is 0.0661. The number of hydrogen-bond donors (Lipinski definition) is 0. The van der Waals surface area contributed by atoms with Crippen LogP contribution < -0.4 is 0 Å². The Morgan fingerprint density at radius 3 is 1.70 bits per heavy atom. The first-order valence-corrected chi connectivity index (χ1v) is 10.7. The summed E-state index contributed by atoms with van der Waals surface area (Å²) < 4.78 is 105. The Labute approximate surface area is 170 Å². The van der Waals surface area contributed by atoms with Crippen LogP contribution in [0, 0.1) is 5.92 Å². The van der Waals surface area contributed by atoms with E-state index >= 15 is 0 Å². The highest BCUT2D eigenvalue weighted by molar-refractivity contribution is 7.92. The second-order valence-corrected chi connectivity index (χ2v) is 10.3. The van der Waals surface area contributed by atoms with Gasteiger partial charge in [0, 0.05) is 0 Å². The van der Waals surface area contributed by atoms with E-state index in [1.807, 2.05) is 6.92 Å². The molecule has 1 aliphatic rings. The minimum Gasteiger partial charge on any atom is -0.223 e. The Kier molecular flexibility index (Phi) is 5.29. The first kappa shape index (κ1) is 22.7. The molecule has 1 fully saturated rings. The van der Waals surface area contributed by atoms with E-state index in [1.54, 1.807) is 18.2 Å². The van der Waals surface area contributed by atoms with E-state index in [2.05, 4.69) is 0 Å². The molecule has 0 amide bonds. The van der Waals surface area contributed by atoms with Gasteiger partial charge in [-0.05, 0) is 48.9 Å². The minimum absolute atomic E-state index is 0.0544. The number of alkyl halides is 6. The Morgan fingerprint density at radius 2 is 1.30 bits per heavy atom. The fraction of sp³-hybridized carbons (Fsp3) is 0.429. The van der Waals surface area contributed by atoms with E-state index in [9.17, 15) is 34.8 Å². The molecule has 0 N–H and O–H groups in total. The zero-order chi connectivity index (χ0) is 22.6. The molecule has 1 aliphatic carbocycles. The summed E-state index contributed by atoms with van der Waals surface area (Å²) in [7, 11) is -3.90. The molecule has 9 heteroatoms. The number of halogens is 6. The van der Waals surface area contributed by atoms with Crippen LogP contribution in [0.3, 0.4) is 0 Å². The highest BCUT2D eigenvalue weighted by atomic mass is 32.2. The van der Waals surface area contributed by atoms with E-state index in [1.165, 1.54) is 12.1 Å². The van der Waals surface area contributed by atoms with Gasteiger partial charge in [-0.25, -0.2) is 8.42 Å². The van der Waals surface area contributed by atoms with Crippen LogP contribution in [-0.4, -0.2) is 20.8 Å². The van der Waals surface area contributed by atoms with Crippen molar-refractivity contribution in [1.82, 2.24) is 0 Å². The third-order valence-electron chi connectivity index (χ3n) is 6.05. The molecule has 0 aromatic heterocycles. The summed E-state index contributed by atoms with van der Waals surface area (Å²) in [6.45, 7) is 1.93. The summed E-state index contributed by atoms with van der Waals surface area (Å²) in [5, 5.41) is 0. The van der Waals surface area contributed by atoms with Crippen molar-refractivity contribution >= 4 is 9.84 Å². The molecule has 0 bridgehead atoms. The maximum Gasteiger partial charge on any atom is 0.406 e. The Balaban J connectivity index is 2.10. The largest absolute Gasteiger partial charge is 0.406 e. The molecule has 3 rings (SSSR count). The van der Waals surface area contributed by atoms with Gasteiger partial charge in [0.05, 0.1) is 4.90 Å². The molecule has 2 aromatic rings. The predicted molar refractivity (Wildman–Crippen MR) is 99.6 cm³/mol. The topological polar surface area (TPSA) is 34.1 Å². The van der Waals surface area contributed by atoms with Gasteiger partial charge < -0.3 is 0 Å². The molecule has 2 aromatic carbocycles. The van der Waals surface area contributed by atoms with Crippen LogP contribution in [-0.2, 0) is 20.0 Å². The Bertz CT molecular complexity index is 988. The van der Waals surface area contributed by atoms with Crippen LogP contribution >= 0.6 is 0 Å². The zero-order valence-electron chi connectivity index (χ0n) is 16.2. The smallest absolute Gasteiger partial charge is 0.223 e. The standard InChI is InChI=1S/C21H20F6O2S/c1-14-12-19(13-14,30(28,29)17-6-4-3-5-7-17)16-10-8-15(9-11-16)18(2,20(22,23)24)21(25,26)27/h3-11,14H,12-13H2,1-2H3. The molecule has 0 unspecified atom stereocenters. The summed E-state index contributed by atoms with van der Waals surface area (Å²) in [5.41, 5.74) is -4.84. The lowest BCUT2D eigenvalue weighted by Gasteiger charge is -2.46. The molecular weight excluding hydrogens is 430 g/mol. The second-order valence-electron chi connectivity index (χ2n) is 8.02. The van der Waals surface area contributed by atoms with Gasteiger partial charge in [-0.3, -0.25) is 0 Å². The monoisotopic (exact) mass is 450 g/mol. The maximum atomic E-state index is 13.3. The molecule has 0 radical (unpaired) electrons. The fourth-order valence-electron chi connectivity index (χ4n) is 4.10. The molecule has 0 heterocycles. The number of hydrogen-bond acceptors (Lipinski definition) is 2. The molecule has 30 heavy (non-hydrogen) atoms. The molecule has 0 aliphatic heterocycles. The fourth-order valence-corrected chi connectivity index (χ4v) is 6.52. The average Bonchev–Trinajstić information content (AvgIpc) is 2.63. The van der Waals surface area contributed by atoms with Gasteiger partial charge in [-0.1, -0.05) is 49.4 Å². The SMILES string of the molecule is CC1CC(c2ccc(C(C)(C(F)(F)F)C(F)(F)F)cc2)(S(=O)(=O)c2ccccc2)C1. The highest BCUT2D eigenvalue weighted by Gasteiger charge is 2.68. The molecule has 0 saturated heterocycles. The van der Waals surface area contributed by atoms with Crippen molar-refractivity contribution in [2.75, 3.05) is 0 Å². The molecule has 2 nitrogen and oxygen atoms in total. The summed E-state index contributed by atoms with van der Waals surface area (Å²) >= 11 is 0. The van der Waals surface area contributed by atoms with Gasteiger partial charge in [0.1, 0.15) is 4.75 Å². The number of sulfone groups is 1. The Morgan fingerprint density at radius 1 is 0.833 bits per heavy atom. The summed E-state index contributed by atoms with van der Waals surface area (Å²) in [5.74, 6) is 0.0544. The van der Waals surface area contributed by atoms with Crippen molar-refractivity contribution in [1.29, 1.82) is 0 Å². The van der Waals surface area contributed by atoms with Gasteiger partial charge in [0.15, 0.2) is 15.3 Å². The number of rotatable bonds is 4. The van der Waals surface area contributed by atoms with Crippen LogP contribution in [0.25, 0.3) is 0 Å². The van der Waals surface area contributed by atoms with Gasteiger partial charge in [0.2, 0.25) is 0 Å². The van der Waals surface area contributed by atoms with E-state index in [0.717, 1.165) is 24.3 Å². The van der Waals surface area contributed by atoms with Crippen LogP contribution in [0.4, 0.5) is 26.3 Å². The van der Waals surface area contributed by atoms with Crippen molar-refractivity contribution < 1.29 is 34.8 Å². The van der Waals surface area contributed by atoms with Crippen molar-refractivity contribution in [3.05, 3.63) is 65.7 Å². The van der Waals surface area contributed by atoms with Crippen LogP contribution in [0.5, 0.6) is 0 Å². The van der Waals surface area contributed by atoms with Crippen LogP contribution in [0.15, 0.2) is 59.5 Å². The van der Waals surface area contributed by atoms with Crippen molar-refractivity contribution in [3.8, 4) is 0 Å². The van der Waals surface area contributed by atoms with Gasteiger partial charge in [-0.2, -0.15) is 26.3 Å². The van der Waals surface area contributed by atoms with Crippen LogP contribution in [0.2, 0.25) is 0 Å². The number of benzene rings is 2. The summed E-state index contributed by atoms with van der Waals surface area (Å²) in [6, 6.07) is 11.3. The molecule has 164 valence electrons. The third kappa shape index (κ3) is 3.21. The quantitative estimate of drug-likeness (QED) is 0.522. The first-order chi connectivity index (χ1) is 13.7. The Hall–Kier alpha value is -2.03. The van der Waals surface area contributed by atoms with Crippen molar-refractivity contribution in [2.24, 2.45) is 5.92 Å². The van der Waals surface area contributed by atoms with Crippen molar-refractivity contribution in [3.63, 3.8) is 0 Å². The average molecular weight is 450 g/mol. The minimum atomic E-state index is -5.56. The molecule has 1 saturated carbocycles. The van der Waals surface area contributed by atoms with E-state index in [-0.39, 0.29) is 36.1 Å². The van der Waals surface area contributed by atoms with Crippen molar-refractivity contribution in [2.45, 2.75) is 54.1 Å². The second kappa shape index (κ2) is 7.00.